The number of hydrogen-bond donors (Lipinski definition) is 2. The van der Waals surface area contributed by atoms with Gasteiger partial charge >= 0.3 is 0 Å². The van der Waals surface area contributed by atoms with Gasteiger partial charge in [0.05, 0.1) is 18.6 Å². The maximum atomic E-state index is 12.5. The molecule has 28 heavy (non-hydrogen) atoms. The lowest BCUT2D eigenvalue weighted by Crippen LogP contribution is -2.27. The van der Waals surface area contributed by atoms with Gasteiger partial charge in [0.15, 0.2) is 5.96 Å². The number of nitrogens with two attached hydrogens (primary N) is 1. The summed E-state index contributed by atoms with van der Waals surface area (Å²) in [7, 11) is -1.77. The zero-order valence-corrected chi connectivity index (χ0v) is 18.8. The molecule has 0 atom stereocenters. The van der Waals surface area contributed by atoms with Crippen LogP contribution in [-0.4, -0.2) is 38.9 Å². The summed E-state index contributed by atoms with van der Waals surface area (Å²) in [5, 5.41) is 3.01. The van der Waals surface area contributed by atoms with Gasteiger partial charge in [0.25, 0.3) is 0 Å². The normalized spacial score (nSPS) is 15.1. The zero-order chi connectivity index (χ0) is 19.3. The molecule has 0 spiro atoms. The number of sulfonamides is 1. The van der Waals surface area contributed by atoms with Crippen molar-refractivity contribution in [3.05, 3.63) is 54.1 Å². The molecule has 1 aliphatic rings. The van der Waals surface area contributed by atoms with Crippen LogP contribution in [0.15, 0.2) is 58.4 Å². The molecule has 0 saturated carbocycles. The van der Waals surface area contributed by atoms with E-state index in [4.69, 9.17) is 10.5 Å². The maximum absolute atomic E-state index is 12.5. The largest absolute Gasteiger partial charge is 0.497 e. The number of guanidine groups is 1. The van der Waals surface area contributed by atoms with Crippen molar-refractivity contribution in [2.75, 3.05) is 25.5 Å². The van der Waals surface area contributed by atoms with E-state index in [2.05, 4.69) is 10.3 Å². The smallest absolute Gasteiger partial charge is 0.243 e. The third kappa shape index (κ3) is 5.58. The van der Waals surface area contributed by atoms with Gasteiger partial charge in [-0.2, -0.15) is 4.31 Å². The molecule has 0 radical (unpaired) electrons. The number of hydrogen-bond acceptors (Lipinski definition) is 4. The van der Waals surface area contributed by atoms with Crippen molar-refractivity contribution in [1.82, 2.24) is 4.31 Å². The van der Waals surface area contributed by atoms with Crippen molar-refractivity contribution >= 4 is 45.6 Å². The summed E-state index contributed by atoms with van der Waals surface area (Å²) in [6.07, 6.45) is 1.85. The molecule has 0 aliphatic carbocycles. The van der Waals surface area contributed by atoms with Crippen molar-refractivity contribution in [3.8, 4) is 5.75 Å². The standard InChI is InChI=1S/C19H24N4O3S.HI/c1-26-17-8-6-16(7-9-17)22-19(20)21-14-15-4-10-18(11-5-15)27(24,25)23-12-2-3-13-23;/h4-11H,2-3,12-14H2,1H3,(H3,20,21,22);1H. The van der Waals surface area contributed by atoms with Crippen LogP contribution in [0, 0.1) is 0 Å². The molecule has 1 fully saturated rings. The SMILES string of the molecule is COc1ccc(NC(N)=NCc2ccc(S(=O)(=O)N3CCCC3)cc2)cc1.I. The highest BCUT2D eigenvalue weighted by atomic mass is 127. The molecule has 7 nitrogen and oxygen atoms in total. The highest BCUT2D eigenvalue weighted by Gasteiger charge is 2.26. The van der Waals surface area contributed by atoms with Crippen LogP contribution in [0.1, 0.15) is 18.4 Å². The summed E-state index contributed by atoms with van der Waals surface area (Å²) in [6.45, 7) is 1.56. The van der Waals surface area contributed by atoms with Crippen molar-refractivity contribution in [2.24, 2.45) is 10.7 Å². The average molecular weight is 516 g/mol. The fraction of sp³-hybridized carbons (Fsp3) is 0.316. The number of aliphatic imine (C=N–C) groups is 1. The molecule has 0 amide bonds. The van der Waals surface area contributed by atoms with Crippen molar-refractivity contribution in [1.29, 1.82) is 0 Å². The third-order valence-corrected chi connectivity index (χ3v) is 6.33. The minimum absolute atomic E-state index is 0. The molecule has 3 N–H and O–H groups in total. The predicted octanol–water partition coefficient (Wildman–Crippen LogP) is 3.02. The van der Waals surface area contributed by atoms with Gasteiger partial charge in [-0.1, -0.05) is 12.1 Å². The summed E-state index contributed by atoms with van der Waals surface area (Å²) in [4.78, 5) is 4.61. The summed E-state index contributed by atoms with van der Waals surface area (Å²) < 4.78 is 31.7. The predicted molar refractivity (Wildman–Crippen MR) is 122 cm³/mol. The van der Waals surface area contributed by atoms with E-state index < -0.39 is 10.0 Å². The van der Waals surface area contributed by atoms with Crippen LogP contribution in [0.3, 0.4) is 0 Å². The Morgan fingerprint density at radius 1 is 1.11 bits per heavy atom. The number of rotatable bonds is 6. The maximum Gasteiger partial charge on any atom is 0.243 e. The van der Waals surface area contributed by atoms with Gasteiger partial charge in [0, 0.05) is 18.8 Å². The Bertz CT molecular complexity index is 894. The van der Waals surface area contributed by atoms with E-state index in [1.807, 2.05) is 24.3 Å². The van der Waals surface area contributed by atoms with E-state index in [9.17, 15) is 8.42 Å². The first-order chi connectivity index (χ1) is 13.0. The van der Waals surface area contributed by atoms with Crippen molar-refractivity contribution in [2.45, 2.75) is 24.3 Å². The highest BCUT2D eigenvalue weighted by molar-refractivity contribution is 14.0. The Morgan fingerprint density at radius 2 is 1.71 bits per heavy atom. The molecule has 2 aromatic carbocycles. The lowest BCUT2D eigenvalue weighted by atomic mass is 10.2. The number of ether oxygens (including phenoxy) is 1. The molecule has 1 aliphatic heterocycles. The van der Waals surface area contributed by atoms with Crippen LogP contribution < -0.4 is 15.8 Å². The second-order valence-electron chi connectivity index (χ2n) is 6.31. The second-order valence-corrected chi connectivity index (χ2v) is 8.25. The number of benzene rings is 2. The van der Waals surface area contributed by atoms with Crippen LogP contribution in [0.25, 0.3) is 0 Å². The van der Waals surface area contributed by atoms with Crippen LogP contribution in [-0.2, 0) is 16.6 Å². The molecule has 152 valence electrons. The van der Waals surface area contributed by atoms with Crippen molar-refractivity contribution in [3.63, 3.8) is 0 Å². The van der Waals surface area contributed by atoms with E-state index in [0.29, 0.717) is 24.5 Å². The number of halogens is 1. The fourth-order valence-electron chi connectivity index (χ4n) is 2.88. The molecule has 1 heterocycles. The first kappa shape index (κ1) is 22.4. The molecule has 3 rings (SSSR count). The lowest BCUT2D eigenvalue weighted by Gasteiger charge is -2.15. The number of methoxy groups -OCH3 is 1. The summed E-state index contributed by atoms with van der Waals surface area (Å²) >= 11 is 0. The molecule has 0 unspecified atom stereocenters. The monoisotopic (exact) mass is 516 g/mol. The third-order valence-electron chi connectivity index (χ3n) is 4.42. The van der Waals surface area contributed by atoms with Gasteiger partial charge in [-0.25, -0.2) is 13.4 Å². The first-order valence-electron chi connectivity index (χ1n) is 8.79. The fourth-order valence-corrected chi connectivity index (χ4v) is 4.40. The Hall–Kier alpha value is -1.85. The lowest BCUT2D eigenvalue weighted by molar-refractivity contribution is 0.415. The van der Waals surface area contributed by atoms with E-state index in [1.165, 1.54) is 4.31 Å². The van der Waals surface area contributed by atoms with E-state index in [-0.39, 0.29) is 29.9 Å². The van der Waals surface area contributed by atoms with E-state index in [0.717, 1.165) is 29.8 Å². The summed E-state index contributed by atoms with van der Waals surface area (Å²) in [6, 6.07) is 14.2. The van der Waals surface area contributed by atoms with Gasteiger partial charge in [0.1, 0.15) is 5.75 Å². The van der Waals surface area contributed by atoms with Crippen LogP contribution in [0.4, 0.5) is 5.69 Å². The zero-order valence-electron chi connectivity index (χ0n) is 15.7. The molecule has 0 bridgehead atoms. The summed E-state index contributed by atoms with van der Waals surface area (Å²) in [5.74, 6) is 1.05. The van der Waals surface area contributed by atoms with Gasteiger partial charge < -0.3 is 15.8 Å². The molecule has 1 saturated heterocycles. The van der Waals surface area contributed by atoms with Crippen LogP contribution in [0.5, 0.6) is 5.75 Å². The highest BCUT2D eigenvalue weighted by Crippen LogP contribution is 2.21. The number of nitrogens with one attached hydrogen (secondary N) is 1. The molecule has 2 aromatic rings. The molecule has 0 aromatic heterocycles. The van der Waals surface area contributed by atoms with Gasteiger partial charge in [-0.3, -0.25) is 0 Å². The molecule has 9 heteroatoms. The Labute approximate surface area is 183 Å². The van der Waals surface area contributed by atoms with Crippen LogP contribution in [0.2, 0.25) is 0 Å². The van der Waals surface area contributed by atoms with E-state index in [1.54, 1.807) is 31.4 Å². The van der Waals surface area contributed by atoms with Gasteiger partial charge in [0.2, 0.25) is 10.0 Å². The van der Waals surface area contributed by atoms with Crippen molar-refractivity contribution < 1.29 is 13.2 Å². The second kappa shape index (κ2) is 10.1. The Morgan fingerprint density at radius 3 is 2.29 bits per heavy atom. The number of nitrogens with zero attached hydrogens (tertiary/aromatic N) is 2. The molecular weight excluding hydrogens is 491 g/mol. The molecular formula is C19H25IN4O3S. The number of anilines is 1. The van der Waals surface area contributed by atoms with E-state index >= 15 is 0 Å². The first-order valence-corrected chi connectivity index (χ1v) is 10.2. The minimum atomic E-state index is -3.38. The summed E-state index contributed by atoms with van der Waals surface area (Å²) in [5.41, 5.74) is 7.60. The Kier molecular flexibility index (Phi) is 8.08. The van der Waals surface area contributed by atoms with Crippen LogP contribution >= 0.6 is 24.0 Å². The quantitative estimate of drug-likeness (QED) is 0.350. The average Bonchev–Trinajstić information content (AvgIpc) is 3.23. The minimum Gasteiger partial charge on any atom is -0.497 e. The van der Waals surface area contributed by atoms with Gasteiger partial charge in [-0.05, 0) is 54.8 Å². The Balaban J connectivity index is 0.00000280. The van der Waals surface area contributed by atoms with Gasteiger partial charge in [-0.15, -0.1) is 24.0 Å². The topological polar surface area (TPSA) is 97.0 Å².